The van der Waals surface area contributed by atoms with Gasteiger partial charge in [0.05, 0.1) is 6.04 Å². The number of carbonyl (C=O) groups is 1. The highest BCUT2D eigenvalue weighted by Gasteiger charge is 2.36. The highest BCUT2D eigenvalue weighted by atomic mass is 35.5. The lowest BCUT2D eigenvalue weighted by molar-refractivity contribution is -0.143. The van der Waals surface area contributed by atoms with Crippen LogP contribution in [0.4, 0.5) is 14.5 Å². The number of carbonyl (C=O) groups excluding carboxylic acids is 1. The van der Waals surface area contributed by atoms with Gasteiger partial charge < -0.3 is 14.5 Å². The molecule has 1 amide bonds. The van der Waals surface area contributed by atoms with E-state index in [-0.39, 0.29) is 11.6 Å². The number of piperazine rings is 1. The van der Waals surface area contributed by atoms with E-state index in [0.717, 1.165) is 29.3 Å². The second-order valence-electron chi connectivity index (χ2n) is 8.43. The van der Waals surface area contributed by atoms with Gasteiger partial charge in [0.1, 0.15) is 0 Å². The molecule has 1 saturated heterocycles. The van der Waals surface area contributed by atoms with Crippen molar-refractivity contribution in [2.45, 2.75) is 25.5 Å². The smallest absolute Gasteiger partial charge is 0.256 e. The van der Waals surface area contributed by atoms with E-state index in [9.17, 15) is 13.6 Å². The number of nitrogens with zero attached hydrogens (tertiary/aromatic N) is 2. The van der Waals surface area contributed by atoms with Gasteiger partial charge in [0, 0.05) is 48.0 Å². The van der Waals surface area contributed by atoms with Gasteiger partial charge in [-0.3, -0.25) is 4.79 Å². The van der Waals surface area contributed by atoms with Gasteiger partial charge in [-0.25, -0.2) is 8.78 Å². The quantitative estimate of drug-likeness (QED) is 0.368. The molecule has 184 valence electrons. The summed E-state index contributed by atoms with van der Waals surface area (Å²) in [5.74, 6) is -2.51. The third-order valence-corrected chi connectivity index (χ3v) is 6.89. The summed E-state index contributed by atoms with van der Waals surface area (Å²) in [5, 5.41) is 1.29. The SMILES string of the molecule is CCc1cc(Cl)ccc1N1CCN(C(=O)C(OC)c2cccc(F)c2F)C[C@H]1c1ccc(Cl)cc1. The first kappa shape index (κ1) is 25.4. The van der Waals surface area contributed by atoms with E-state index in [1.54, 1.807) is 4.90 Å². The van der Waals surface area contributed by atoms with Crippen molar-refractivity contribution < 1.29 is 18.3 Å². The Morgan fingerprint density at radius 2 is 1.77 bits per heavy atom. The summed E-state index contributed by atoms with van der Waals surface area (Å²) in [6.07, 6.45) is -0.447. The molecule has 8 heteroatoms. The topological polar surface area (TPSA) is 32.8 Å². The molecule has 2 atom stereocenters. The van der Waals surface area contributed by atoms with Crippen LogP contribution in [0.3, 0.4) is 0 Å². The molecule has 1 aliphatic heterocycles. The van der Waals surface area contributed by atoms with Gasteiger partial charge in [-0.05, 0) is 53.9 Å². The van der Waals surface area contributed by atoms with Crippen molar-refractivity contribution >= 4 is 34.8 Å². The highest BCUT2D eigenvalue weighted by Crippen LogP contribution is 2.36. The van der Waals surface area contributed by atoms with Crippen LogP contribution in [0, 0.1) is 11.6 Å². The van der Waals surface area contributed by atoms with Crippen LogP contribution in [-0.2, 0) is 16.0 Å². The molecular formula is C27H26Cl2F2N2O2. The molecule has 0 bridgehead atoms. The van der Waals surface area contributed by atoms with Gasteiger partial charge in [-0.2, -0.15) is 0 Å². The number of halogens is 4. The Bertz CT molecular complexity index is 1210. The summed E-state index contributed by atoms with van der Waals surface area (Å²) in [5.41, 5.74) is 3.01. The standard InChI is InChI=1S/C27H26Cl2F2N2O2/c1-3-17-15-20(29)11-12-23(17)33-14-13-32(16-24(33)18-7-9-19(28)10-8-18)27(34)26(35-2)21-5-4-6-22(30)25(21)31/h4-12,15,24,26H,3,13-14,16H2,1-2H3/t24-,26?/m0/s1. The minimum atomic E-state index is -1.25. The van der Waals surface area contributed by atoms with Crippen LogP contribution in [0.5, 0.6) is 0 Å². The number of rotatable bonds is 6. The molecule has 4 rings (SSSR count). The maximum atomic E-state index is 14.5. The van der Waals surface area contributed by atoms with Gasteiger partial charge in [0.25, 0.3) is 5.91 Å². The summed E-state index contributed by atoms with van der Waals surface area (Å²) in [6, 6.07) is 16.9. The maximum absolute atomic E-state index is 14.5. The Morgan fingerprint density at radius 1 is 1.06 bits per heavy atom. The second-order valence-corrected chi connectivity index (χ2v) is 9.30. The molecule has 0 saturated carbocycles. The Labute approximate surface area is 214 Å². The first-order valence-corrected chi connectivity index (χ1v) is 12.2. The van der Waals surface area contributed by atoms with Crippen molar-refractivity contribution in [3.05, 3.63) is 99.0 Å². The molecule has 0 aromatic heterocycles. The fourth-order valence-electron chi connectivity index (χ4n) is 4.61. The van der Waals surface area contributed by atoms with Gasteiger partial charge in [-0.1, -0.05) is 54.4 Å². The Hall–Kier alpha value is -2.67. The first-order valence-electron chi connectivity index (χ1n) is 11.4. The van der Waals surface area contributed by atoms with Crippen LogP contribution in [0.2, 0.25) is 10.0 Å². The van der Waals surface area contributed by atoms with E-state index in [1.165, 1.54) is 19.2 Å². The van der Waals surface area contributed by atoms with E-state index < -0.39 is 23.6 Å². The third-order valence-electron chi connectivity index (χ3n) is 6.40. The summed E-state index contributed by atoms with van der Waals surface area (Å²) in [6.45, 7) is 3.34. The van der Waals surface area contributed by atoms with E-state index in [0.29, 0.717) is 29.7 Å². The Kier molecular flexibility index (Phi) is 7.95. The normalized spacial score (nSPS) is 16.9. The Balaban J connectivity index is 1.68. The molecule has 3 aromatic carbocycles. The molecule has 4 nitrogen and oxygen atoms in total. The minimum absolute atomic E-state index is 0.117. The van der Waals surface area contributed by atoms with Crippen LogP contribution in [0.15, 0.2) is 60.7 Å². The molecule has 1 aliphatic rings. The summed E-state index contributed by atoms with van der Waals surface area (Å²) in [7, 11) is 1.32. The highest BCUT2D eigenvalue weighted by molar-refractivity contribution is 6.31. The lowest BCUT2D eigenvalue weighted by Gasteiger charge is -2.44. The summed E-state index contributed by atoms with van der Waals surface area (Å²) < 4.78 is 33.7. The zero-order valence-electron chi connectivity index (χ0n) is 19.5. The first-order chi connectivity index (χ1) is 16.8. The maximum Gasteiger partial charge on any atom is 0.256 e. The van der Waals surface area contributed by atoms with Crippen LogP contribution in [-0.4, -0.2) is 37.6 Å². The average molecular weight is 519 g/mol. The summed E-state index contributed by atoms with van der Waals surface area (Å²) in [4.78, 5) is 17.4. The van der Waals surface area contributed by atoms with Crippen LogP contribution in [0.25, 0.3) is 0 Å². The van der Waals surface area contributed by atoms with Crippen molar-refractivity contribution in [1.29, 1.82) is 0 Å². The van der Waals surface area contributed by atoms with E-state index >= 15 is 0 Å². The number of benzene rings is 3. The predicted molar refractivity (Wildman–Crippen MR) is 135 cm³/mol. The minimum Gasteiger partial charge on any atom is -0.367 e. The number of hydrogen-bond acceptors (Lipinski definition) is 3. The third kappa shape index (κ3) is 5.30. The molecule has 3 aromatic rings. The zero-order chi connectivity index (χ0) is 25.1. The molecule has 0 spiro atoms. The van der Waals surface area contributed by atoms with Crippen LogP contribution >= 0.6 is 23.2 Å². The largest absolute Gasteiger partial charge is 0.367 e. The van der Waals surface area contributed by atoms with E-state index in [2.05, 4.69) is 11.8 Å². The molecule has 35 heavy (non-hydrogen) atoms. The van der Waals surface area contributed by atoms with Gasteiger partial charge >= 0.3 is 0 Å². The van der Waals surface area contributed by atoms with Crippen molar-refractivity contribution in [3.8, 4) is 0 Å². The van der Waals surface area contributed by atoms with Crippen molar-refractivity contribution in [1.82, 2.24) is 4.90 Å². The van der Waals surface area contributed by atoms with E-state index in [1.807, 2.05) is 42.5 Å². The molecule has 0 aliphatic carbocycles. The molecule has 1 heterocycles. The number of methoxy groups -OCH3 is 1. The van der Waals surface area contributed by atoms with E-state index in [4.69, 9.17) is 27.9 Å². The monoisotopic (exact) mass is 518 g/mol. The average Bonchev–Trinajstić information content (AvgIpc) is 2.87. The van der Waals surface area contributed by atoms with Gasteiger partial charge in [0.2, 0.25) is 0 Å². The van der Waals surface area contributed by atoms with Crippen LogP contribution in [0.1, 0.15) is 35.8 Å². The number of anilines is 1. The fourth-order valence-corrected chi connectivity index (χ4v) is 4.93. The molecule has 0 N–H and O–H groups in total. The number of amides is 1. The zero-order valence-corrected chi connectivity index (χ0v) is 21.0. The van der Waals surface area contributed by atoms with Crippen LogP contribution < -0.4 is 4.90 Å². The lowest BCUT2D eigenvalue weighted by atomic mass is 9.98. The molecular weight excluding hydrogens is 493 g/mol. The van der Waals surface area contributed by atoms with Gasteiger partial charge in [-0.15, -0.1) is 0 Å². The van der Waals surface area contributed by atoms with Crippen molar-refractivity contribution in [2.24, 2.45) is 0 Å². The van der Waals surface area contributed by atoms with Gasteiger partial charge in [0.15, 0.2) is 17.7 Å². The predicted octanol–water partition coefficient (Wildman–Crippen LogP) is 6.61. The fraction of sp³-hybridized carbons (Fsp3) is 0.296. The summed E-state index contributed by atoms with van der Waals surface area (Å²) >= 11 is 12.4. The number of hydrogen-bond donors (Lipinski definition) is 0. The van der Waals surface area contributed by atoms with Crippen molar-refractivity contribution in [3.63, 3.8) is 0 Å². The molecule has 1 unspecified atom stereocenters. The lowest BCUT2D eigenvalue weighted by Crippen LogP contribution is -2.52. The molecule has 0 radical (unpaired) electrons. The van der Waals surface area contributed by atoms with Crippen molar-refractivity contribution in [2.75, 3.05) is 31.6 Å². The Morgan fingerprint density at radius 3 is 2.46 bits per heavy atom. The second kappa shape index (κ2) is 10.9. The molecule has 1 fully saturated rings. The number of ether oxygens (including phenoxy) is 1. The number of aryl methyl sites for hydroxylation is 1.